The first-order valence-corrected chi connectivity index (χ1v) is 9.97. The third-order valence-corrected chi connectivity index (χ3v) is 4.71. The van der Waals surface area contributed by atoms with Crippen molar-refractivity contribution in [2.75, 3.05) is 26.9 Å². The molecule has 6 nitrogen and oxygen atoms in total. The first kappa shape index (κ1) is 25.1. The van der Waals surface area contributed by atoms with Crippen LogP contribution in [0.1, 0.15) is 24.5 Å². The molecule has 0 amide bonds. The number of benzene rings is 2. The lowest BCUT2D eigenvalue weighted by Crippen LogP contribution is -2.43. The Bertz CT molecular complexity index is 883. The third kappa shape index (κ3) is 7.49. The van der Waals surface area contributed by atoms with Crippen molar-refractivity contribution in [3.63, 3.8) is 0 Å². The summed E-state index contributed by atoms with van der Waals surface area (Å²) >= 11 is 0. The molecule has 0 aromatic heterocycles. The molecule has 1 unspecified atom stereocenters. The van der Waals surface area contributed by atoms with Crippen molar-refractivity contribution >= 4 is 29.9 Å². The van der Waals surface area contributed by atoms with Gasteiger partial charge in [-0.2, -0.15) is 0 Å². The average molecular weight is 547 g/mol. The highest BCUT2D eigenvalue weighted by molar-refractivity contribution is 14.0. The number of fused-ring (bicyclic) bond motifs is 1. The van der Waals surface area contributed by atoms with Gasteiger partial charge in [-0.15, -0.1) is 24.0 Å². The van der Waals surface area contributed by atoms with E-state index in [0.29, 0.717) is 43.6 Å². The van der Waals surface area contributed by atoms with E-state index in [-0.39, 0.29) is 48.5 Å². The fraction of sp³-hybridized carbons (Fsp3) is 0.409. The van der Waals surface area contributed by atoms with Crippen molar-refractivity contribution in [3.05, 3.63) is 59.2 Å². The number of ether oxygens (including phenoxy) is 3. The molecule has 0 fully saturated rings. The van der Waals surface area contributed by atoms with E-state index in [2.05, 4.69) is 15.6 Å². The average Bonchev–Trinajstić information content (AvgIpc) is 2.74. The Balaban J connectivity index is 0.00000341. The Morgan fingerprint density at radius 3 is 2.77 bits per heavy atom. The van der Waals surface area contributed by atoms with Crippen LogP contribution in [0.5, 0.6) is 11.5 Å². The summed E-state index contributed by atoms with van der Waals surface area (Å²) in [6.45, 7) is 3.56. The van der Waals surface area contributed by atoms with Gasteiger partial charge in [0.2, 0.25) is 0 Å². The summed E-state index contributed by atoms with van der Waals surface area (Å²) in [6.07, 6.45) is 1.17. The van der Waals surface area contributed by atoms with Gasteiger partial charge in [-0.05, 0) is 42.7 Å². The Hall–Kier alpha value is -2.14. The van der Waals surface area contributed by atoms with Crippen LogP contribution in [0.2, 0.25) is 0 Å². The molecule has 0 radical (unpaired) electrons. The van der Waals surface area contributed by atoms with Crippen molar-refractivity contribution in [3.8, 4) is 11.5 Å². The van der Waals surface area contributed by atoms with E-state index in [1.165, 1.54) is 24.3 Å². The van der Waals surface area contributed by atoms with E-state index in [9.17, 15) is 8.78 Å². The van der Waals surface area contributed by atoms with Crippen molar-refractivity contribution in [2.24, 2.45) is 4.99 Å². The maximum Gasteiger partial charge on any atom is 0.191 e. The zero-order valence-corrected chi connectivity index (χ0v) is 20.0. The molecule has 170 valence electrons. The lowest BCUT2D eigenvalue weighted by Gasteiger charge is -2.22. The molecule has 2 N–H and O–H groups in total. The summed E-state index contributed by atoms with van der Waals surface area (Å²) < 4.78 is 43.8. The summed E-state index contributed by atoms with van der Waals surface area (Å²) in [4.78, 5) is 4.21. The highest BCUT2D eigenvalue weighted by Crippen LogP contribution is 2.29. The molecule has 0 bridgehead atoms. The summed E-state index contributed by atoms with van der Waals surface area (Å²) in [5, 5.41) is 6.42. The number of halogens is 3. The predicted octanol–water partition coefficient (Wildman–Crippen LogP) is 4.01. The standard InChI is InChI=1S/C22H27F2N3O3.HI/c1-3-19(30-20-6-4-5-17(23)11-20)12-27-22(25-2)26-8-7-15-9-18(24)10-16-13-28-14-29-21(15)16;/h4-6,9-11,19H,3,7-8,12-14H2,1-2H3,(H2,25,26,27);1H. The molecule has 1 aliphatic rings. The maximum absolute atomic E-state index is 13.9. The number of hydrogen-bond donors (Lipinski definition) is 2. The highest BCUT2D eigenvalue weighted by atomic mass is 127. The van der Waals surface area contributed by atoms with Crippen LogP contribution in [-0.4, -0.2) is 39.0 Å². The molecule has 9 heteroatoms. The maximum atomic E-state index is 13.9. The zero-order valence-electron chi connectivity index (χ0n) is 17.6. The van der Waals surface area contributed by atoms with Gasteiger partial charge in [-0.25, -0.2) is 8.78 Å². The van der Waals surface area contributed by atoms with E-state index < -0.39 is 0 Å². The van der Waals surface area contributed by atoms with Crippen LogP contribution in [0.15, 0.2) is 41.4 Å². The van der Waals surface area contributed by atoms with Gasteiger partial charge in [0.25, 0.3) is 0 Å². The Morgan fingerprint density at radius 1 is 1.19 bits per heavy atom. The van der Waals surface area contributed by atoms with E-state index in [4.69, 9.17) is 14.2 Å². The first-order valence-electron chi connectivity index (χ1n) is 9.97. The van der Waals surface area contributed by atoms with Crippen LogP contribution in [0.3, 0.4) is 0 Å². The van der Waals surface area contributed by atoms with Crippen LogP contribution in [0.4, 0.5) is 8.78 Å². The van der Waals surface area contributed by atoms with E-state index >= 15 is 0 Å². The number of rotatable bonds is 8. The monoisotopic (exact) mass is 547 g/mol. The van der Waals surface area contributed by atoms with Gasteiger partial charge in [0.05, 0.1) is 13.2 Å². The Kier molecular flexibility index (Phi) is 10.3. The van der Waals surface area contributed by atoms with Crippen LogP contribution in [0.25, 0.3) is 0 Å². The van der Waals surface area contributed by atoms with Gasteiger partial charge >= 0.3 is 0 Å². The fourth-order valence-corrected chi connectivity index (χ4v) is 3.19. The number of hydrogen-bond acceptors (Lipinski definition) is 4. The fourth-order valence-electron chi connectivity index (χ4n) is 3.19. The second-order valence-corrected chi connectivity index (χ2v) is 6.90. The summed E-state index contributed by atoms with van der Waals surface area (Å²) in [6, 6.07) is 9.02. The first-order chi connectivity index (χ1) is 14.6. The van der Waals surface area contributed by atoms with Crippen molar-refractivity contribution in [1.82, 2.24) is 10.6 Å². The van der Waals surface area contributed by atoms with Gasteiger partial charge in [-0.3, -0.25) is 4.99 Å². The van der Waals surface area contributed by atoms with Gasteiger partial charge in [0.15, 0.2) is 12.8 Å². The highest BCUT2D eigenvalue weighted by Gasteiger charge is 2.17. The Morgan fingerprint density at radius 2 is 2.03 bits per heavy atom. The van der Waals surface area contributed by atoms with Gasteiger partial charge in [0.1, 0.15) is 29.2 Å². The molecular formula is C22H28F2IN3O3. The molecular weight excluding hydrogens is 519 g/mol. The molecule has 2 aromatic carbocycles. The number of nitrogens with zero attached hydrogens (tertiary/aromatic N) is 1. The van der Waals surface area contributed by atoms with Crippen molar-refractivity contribution in [2.45, 2.75) is 32.5 Å². The van der Waals surface area contributed by atoms with Crippen molar-refractivity contribution < 1.29 is 23.0 Å². The predicted molar refractivity (Wildman–Crippen MR) is 126 cm³/mol. The smallest absolute Gasteiger partial charge is 0.191 e. The van der Waals surface area contributed by atoms with Gasteiger partial charge in [-0.1, -0.05) is 13.0 Å². The molecule has 31 heavy (non-hydrogen) atoms. The van der Waals surface area contributed by atoms with Crippen LogP contribution in [-0.2, 0) is 17.8 Å². The summed E-state index contributed by atoms with van der Waals surface area (Å²) in [5.41, 5.74) is 1.51. The lowest BCUT2D eigenvalue weighted by molar-refractivity contribution is -0.0172. The number of guanidine groups is 1. The quantitative estimate of drug-likeness (QED) is 0.297. The third-order valence-electron chi connectivity index (χ3n) is 4.71. The normalized spacial score (nSPS) is 14.0. The van der Waals surface area contributed by atoms with Crippen molar-refractivity contribution in [1.29, 1.82) is 0 Å². The second-order valence-electron chi connectivity index (χ2n) is 6.90. The molecule has 0 saturated heterocycles. The summed E-state index contributed by atoms with van der Waals surface area (Å²) in [7, 11) is 1.67. The van der Waals surface area contributed by atoms with E-state index in [1.54, 1.807) is 19.2 Å². The zero-order chi connectivity index (χ0) is 21.3. The molecule has 0 spiro atoms. The molecule has 3 rings (SSSR count). The lowest BCUT2D eigenvalue weighted by atomic mass is 10.1. The minimum absolute atomic E-state index is 0. The SMILES string of the molecule is CCC(CNC(=NC)NCCc1cc(F)cc2c1OCOC2)Oc1cccc(F)c1.I. The molecule has 1 heterocycles. The molecule has 2 aromatic rings. The molecule has 1 aliphatic heterocycles. The van der Waals surface area contributed by atoms with Crippen LogP contribution in [0, 0.1) is 11.6 Å². The topological polar surface area (TPSA) is 64.1 Å². The summed E-state index contributed by atoms with van der Waals surface area (Å²) in [5.74, 6) is 1.16. The van der Waals surface area contributed by atoms with Crippen LogP contribution >= 0.6 is 24.0 Å². The minimum Gasteiger partial charge on any atom is -0.489 e. The number of aliphatic imine (C=N–C) groups is 1. The molecule has 0 saturated carbocycles. The van der Waals surface area contributed by atoms with Gasteiger partial charge in [0, 0.05) is 25.2 Å². The molecule has 0 aliphatic carbocycles. The van der Waals surface area contributed by atoms with Gasteiger partial charge < -0.3 is 24.8 Å². The van der Waals surface area contributed by atoms with E-state index in [1.807, 2.05) is 6.92 Å². The largest absolute Gasteiger partial charge is 0.489 e. The van der Waals surface area contributed by atoms with Crippen LogP contribution < -0.4 is 20.1 Å². The minimum atomic E-state index is -0.331. The second kappa shape index (κ2) is 12.7. The molecule has 1 atom stereocenters. The Labute approximate surface area is 198 Å². The number of nitrogens with one attached hydrogen (secondary N) is 2. The van der Waals surface area contributed by atoms with E-state index in [0.717, 1.165) is 17.5 Å².